The standard InChI is InChI=1S/C22H23F2N3O3S2/c1-3-11-27(12-4-2)32(29,30)17-8-5-15(6-9-17)21(28)26-22-25-20(14-31-22)18-10-7-16(23)13-19(18)24/h5-10,13-14H,3-4,11-12H2,1-2H3,(H,25,26,28). The summed E-state index contributed by atoms with van der Waals surface area (Å²) in [7, 11) is -3.63. The van der Waals surface area contributed by atoms with E-state index in [1.165, 1.54) is 34.6 Å². The number of benzene rings is 2. The quantitative estimate of drug-likeness (QED) is 0.460. The molecule has 3 rings (SSSR count). The van der Waals surface area contributed by atoms with Crippen LogP contribution in [0, 0.1) is 11.6 Å². The van der Waals surface area contributed by atoms with Crippen LogP contribution in [0.3, 0.4) is 0 Å². The fraction of sp³-hybridized carbons (Fsp3) is 0.273. The number of hydrogen-bond acceptors (Lipinski definition) is 5. The van der Waals surface area contributed by atoms with Gasteiger partial charge < -0.3 is 0 Å². The lowest BCUT2D eigenvalue weighted by Crippen LogP contribution is -2.32. The van der Waals surface area contributed by atoms with E-state index in [1.54, 1.807) is 5.38 Å². The van der Waals surface area contributed by atoms with Gasteiger partial charge in [-0.1, -0.05) is 13.8 Å². The molecule has 0 aliphatic carbocycles. The summed E-state index contributed by atoms with van der Waals surface area (Å²) in [6.07, 6.45) is 1.41. The van der Waals surface area contributed by atoms with Crippen molar-refractivity contribution in [1.82, 2.24) is 9.29 Å². The van der Waals surface area contributed by atoms with E-state index in [9.17, 15) is 22.0 Å². The molecule has 2 aromatic carbocycles. The molecule has 0 aliphatic heterocycles. The van der Waals surface area contributed by atoms with Gasteiger partial charge in [0.2, 0.25) is 10.0 Å². The highest BCUT2D eigenvalue weighted by Gasteiger charge is 2.23. The number of rotatable bonds is 9. The molecule has 0 saturated heterocycles. The summed E-state index contributed by atoms with van der Waals surface area (Å²) in [6.45, 7) is 4.69. The van der Waals surface area contributed by atoms with Gasteiger partial charge in [-0.15, -0.1) is 11.3 Å². The van der Waals surface area contributed by atoms with E-state index in [0.29, 0.717) is 25.9 Å². The van der Waals surface area contributed by atoms with Gasteiger partial charge in [0.05, 0.1) is 10.6 Å². The molecule has 0 atom stereocenters. The second kappa shape index (κ2) is 10.3. The monoisotopic (exact) mass is 479 g/mol. The minimum absolute atomic E-state index is 0.124. The Morgan fingerprint density at radius 1 is 1.06 bits per heavy atom. The third kappa shape index (κ3) is 5.37. The third-order valence-electron chi connectivity index (χ3n) is 4.63. The van der Waals surface area contributed by atoms with Crippen molar-refractivity contribution < 1.29 is 22.0 Å². The largest absolute Gasteiger partial charge is 0.298 e. The normalized spacial score (nSPS) is 11.7. The number of nitrogens with zero attached hydrogens (tertiary/aromatic N) is 2. The molecule has 0 spiro atoms. The van der Waals surface area contributed by atoms with Crippen molar-refractivity contribution in [2.75, 3.05) is 18.4 Å². The van der Waals surface area contributed by atoms with E-state index >= 15 is 0 Å². The summed E-state index contributed by atoms with van der Waals surface area (Å²) >= 11 is 1.10. The van der Waals surface area contributed by atoms with Gasteiger partial charge in [-0.2, -0.15) is 4.31 Å². The molecule has 170 valence electrons. The maximum absolute atomic E-state index is 13.9. The number of hydrogen-bond donors (Lipinski definition) is 1. The first-order valence-electron chi connectivity index (χ1n) is 10.1. The molecular weight excluding hydrogens is 456 g/mol. The van der Waals surface area contributed by atoms with Crippen LogP contribution >= 0.6 is 11.3 Å². The summed E-state index contributed by atoms with van der Waals surface area (Å²) in [4.78, 5) is 16.8. The molecule has 10 heteroatoms. The molecular formula is C22H23F2N3O3S2. The van der Waals surface area contributed by atoms with Crippen LogP contribution < -0.4 is 5.32 Å². The minimum atomic E-state index is -3.63. The Morgan fingerprint density at radius 3 is 2.31 bits per heavy atom. The topological polar surface area (TPSA) is 79.4 Å². The molecule has 1 amide bonds. The van der Waals surface area contributed by atoms with E-state index < -0.39 is 27.6 Å². The number of thiazole rings is 1. The molecule has 3 aromatic rings. The van der Waals surface area contributed by atoms with Crippen molar-refractivity contribution in [3.05, 3.63) is 65.0 Å². The molecule has 32 heavy (non-hydrogen) atoms. The van der Waals surface area contributed by atoms with E-state index in [0.717, 1.165) is 23.5 Å². The van der Waals surface area contributed by atoms with Gasteiger partial charge >= 0.3 is 0 Å². The summed E-state index contributed by atoms with van der Waals surface area (Å²) in [5.74, 6) is -1.91. The van der Waals surface area contributed by atoms with Crippen LogP contribution in [0.15, 0.2) is 52.7 Å². The molecule has 0 saturated carbocycles. The molecule has 0 radical (unpaired) electrons. The van der Waals surface area contributed by atoms with Gasteiger partial charge in [0.1, 0.15) is 11.6 Å². The summed E-state index contributed by atoms with van der Waals surface area (Å²) < 4.78 is 54.1. The van der Waals surface area contributed by atoms with Crippen molar-refractivity contribution in [2.24, 2.45) is 0 Å². The molecule has 1 heterocycles. The Kier molecular flexibility index (Phi) is 7.70. The third-order valence-corrected chi connectivity index (χ3v) is 7.30. The van der Waals surface area contributed by atoms with Crippen molar-refractivity contribution in [3.63, 3.8) is 0 Å². The fourth-order valence-corrected chi connectivity index (χ4v) is 5.43. The molecule has 0 bridgehead atoms. The predicted octanol–water partition coefficient (Wildman–Crippen LogP) is 5.15. The maximum Gasteiger partial charge on any atom is 0.257 e. The molecule has 6 nitrogen and oxygen atoms in total. The lowest BCUT2D eigenvalue weighted by atomic mass is 10.1. The first-order chi connectivity index (χ1) is 15.3. The highest BCUT2D eigenvalue weighted by molar-refractivity contribution is 7.89. The Hall–Kier alpha value is -2.69. The zero-order chi connectivity index (χ0) is 23.3. The summed E-state index contributed by atoms with van der Waals surface area (Å²) in [5, 5.41) is 4.40. The van der Waals surface area contributed by atoms with Gasteiger partial charge in [-0.3, -0.25) is 10.1 Å². The number of aromatic nitrogens is 1. The van der Waals surface area contributed by atoms with Crippen LogP contribution in [0.1, 0.15) is 37.0 Å². The first kappa shape index (κ1) is 24.0. The summed E-state index contributed by atoms with van der Waals surface area (Å²) in [5.41, 5.74) is 0.656. The van der Waals surface area contributed by atoms with Gasteiger partial charge in [-0.05, 0) is 49.2 Å². The number of amides is 1. The van der Waals surface area contributed by atoms with Crippen molar-refractivity contribution in [2.45, 2.75) is 31.6 Å². The Bertz CT molecular complexity index is 1190. The SMILES string of the molecule is CCCN(CCC)S(=O)(=O)c1ccc(C(=O)Nc2nc(-c3ccc(F)cc3F)cs2)cc1. The average Bonchev–Trinajstić information content (AvgIpc) is 3.21. The Balaban J connectivity index is 1.73. The maximum atomic E-state index is 13.9. The zero-order valence-corrected chi connectivity index (χ0v) is 19.3. The number of anilines is 1. The number of carbonyl (C=O) groups excluding carboxylic acids is 1. The Morgan fingerprint density at radius 2 is 1.72 bits per heavy atom. The zero-order valence-electron chi connectivity index (χ0n) is 17.6. The molecule has 0 unspecified atom stereocenters. The van der Waals surface area contributed by atoms with Gasteiger partial charge in [-0.25, -0.2) is 22.2 Å². The van der Waals surface area contributed by atoms with E-state index in [2.05, 4.69) is 10.3 Å². The smallest absolute Gasteiger partial charge is 0.257 e. The number of sulfonamides is 1. The Labute approximate surface area is 190 Å². The lowest BCUT2D eigenvalue weighted by Gasteiger charge is -2.21. The highest BCUT2D eigenvalue weighted by Crippen LogP contribution is 2.28. The van der Waals surface area contributed by atoms with E-state index in [4.69, 9.17) is 0 Å². The van der Waals surface area contributed by atoms with Gasteiger partial charge in [0.15, 0.2) is 5.13 Å². The second-order valence-electron chi connectivity index (χ2n) is 7.04. The molecule has 0 aliphatic rings. The minimum Gasteiger partial charge on any atom is -0.298 e. The van der Waals surface area contributed by atoms with Gasteiger partial charge in [0.25, 0.3) is 5.91 Å². The second-order valence-corrected chi connectivity index (χ2v) is 9.84. The van der Waals surface area contributed by atoms with E-state index in [-0.39, 0.29) is 26.8 Å². The van der Waals surface area contributed by atoms with Crippen molar-refractivity contribution >= 4 is 32.4 Å². The highest BCUT2D eigenvalue weighted by atomic mass is 32.2. The number of carbonyl (C=O) groups is 1. The van der Waals surface area contributed by atoms with Crippen LogP contribution in [-0.4, -0.2) is 36.7 Å². The van der Waals surface area contributed by atoms with Crippen LogP contribution in [0.25, 0.3) is 11.3 Å². The molecule has 0 fully saturated rings. The summed E-state index contributed by atoms with van der Waals surface area (Å²) in [6, 6.07) is 8.87. The average molecular weight is 480 g/mol. The van der Waals surface area contributed by atoms with Crippen LogP contribution in [0.2, 0.25) is 0 Å². The molecule has 1 aromatic heterocycles. The van der Waals surface area contributed by atoms with Crippen LogP contribution in [0.4, 0.5) is 13.9 Å². The predicted molar refractivity (Wildman–Crippen MR) is 121 cm³/mol. The number of nitrogens with one attached hydrogen (secondary N) is 1. The number of halogens is 2. The van der Waals surface area contributed by atoms with Gasteiger partial charge in [0, 0.05) is 35.7 Å². The van der Waals surface area contributed by atoms with Crippen molar-refractivity contribution in [3.8, 4) is 11.3 Å². The van der Waals surface area contributed by atoms with E-state index in [1.807, 2.05) is 13.8 Å². The first-order valence-corrected chi connectivity index (χ1v) is 12.4. The lowest BCUT2D eigenvalue weighted by molar-refractivity contribution is 0.102. The van der Waals surface area contributed by atoms with Crippen LogP contribution in [-0.2, 0) is 10.0 Å². The molecule has 1 N–H and O–H groups in total. The van der Waals surface area contributed by atoms with Crippen molar-refractivity contribution in [1.29, 1.82) is 0 Å². The van der Waals surface area contributed by atoms with Crippen LogP contribution in [0.5, 0.6) is 0 Å². The fourth-order valence-electron chi connectivity index (χ4n) is 3.10.